The molecule has 0 saturated carbocycles. The van der Waals surface area contributed by atoms with Crippen LogP contribution in [0.4, 0.5) is 0 Å². The maximum atomic E-state index is 10.4. The van der Waals surface area contributed by atoms with Crippen LogP contribution in [0, 0.1) is 0 Å². The second-order valence-corrected chi connectivity index (χ2v) is 3.88. The molecule has 1 aromatic rings. The fourth-order valence-electron chi connectivity index (χ4n) is 2.02. The maximum absolute atomic E-state index is 10.4. The highest BCUT2D eigenvalue weighted by Crippen LogP contribution is 2.18. The van der Waals surface area contributed by atoms with Gasteiger partial charge in [0.2, 0.25) is 0 Å². The first kappa shape index (κ1) is 9.31. The van der Waals surface area contributed by atoms with E-state index in [2.05, 4.69) is 16.8 Å². The van der Waals surface area contributed by atoms with Gasteiger partial charge in [0.25, 0.3) is 0 Å². The van der Waals surface area contributed by atoms with Crippen LogP contribution in [0.2, 0.25) is 0 Å². The van der Waals surface area contributed by atoms with E-state index in [9.17, 15) is 4.79 Å². The molecule has 0 saturated heterocycles. The van der Waals surface area contributed by atoms with E-state index in [1.165, 1.54) is 24.1 Å². The molecule has 0 amide bonds. The lowest BCUT2D eigenvalue weighted by Gasteiger charge is -2.13. The lowest BCUT2D eigenvalue weighted by Crippen LogP contribution is -2.07. The Bertz CT molecular complexity index is 318. The van der Waals surface area contributed by atoms with Crippen LogP contribution in [0.5, 0.6) is 0 Å². The summed E-state index contributed by atoms with van der Waals surface area (Å²) >= 11 is 0. The fourth-order valence-corrected chi connectivity index (χ4v) is 2.02. The summed E-state index contributed by atoms with van der Waals surface area (Å²) in [6.07, 6.45) is 6.67. The maximum Gasteiger partial charge on any atom is 0.303 e. The molecule has 0 unspecified atom stereocenters. The fraction of sp³-hybridized carbons (Fsp3) is 0.545. The third kappa shape index (κ3) is 1.97. The van der Waals surface area contributed by atoms with Crippen LogP contribution in [0.25, 0.3) is 0 Å². The van der Waals surface area contributed by atoms with Crippen LogP contribution in [-0.2, 0) is 24.2 Å². The summed E-state index contributed by atoms with van der Waals surface area (Å²) in [4.78, 5) is 10.4. The van der Waals surface area contributed by atoms with Gasteiger partial charge in [0.05, 0.1) is 0 Å². The largest absolute Gasteiger partial charge is 0.481 e. The van der Waals surface area contributed by atoms with Crippen LogP contribution in [0.1, 0.15) is 30.5 Å². The molecule has 2 rings (SSSR count). The molecule has 0 aromatic carbocycles. The highest BCUT2D eigenvalue weighted by Gasteiger charge is 2.10. The number of nitrogens with zero attached hydrogens (tertiary/aromatic N) is 1. The number of hydrogen-bond donors (Lipinski definition) is 1. The van der Waals surface area contributed by atoms with Crippen LogP contribution < -0.4 is 0 Å². The average Bonchev–Trinajstić information content (AvgIpc) is 2.57. The predicted octanol–water partition coefficient (Wildman–Crippen LogP) is 1.84. The van der Waals surface area contributed by atoms with E-state index >= 15 is 0 Å². The first-order valence-electron chi connectivity index (χ1n) is 5.15. The quantitative estimate of drug-likeness (QED) is 0.795. The van der Waals surface area contributed by atoms with E-state index in [1.54, 1.807) is 0 Å². The first-order chi connectivity index (χ1) is 6.75. The summed E-state index contributed by atoms with van der Waals surface area (Å²) in [5.74, 6) is -0.714. The van der Waals surface area contributed by atoms with Crippen LogP contribution >= 0.6 is 0 Å². The third-order valence-corrected chi connectivity index (χ3v) is 2.75. The van der Waals surface area contributed by atoms with Gasteiger partial charge in [-0.3, -0.25) is 4.79 Å². The minimum absolute atomic E-state index is 0.240. The second kappa shape index (κ2) is 3.86. The van der Waals surface area contributed by atoms with Gasteiger partial charge in [0, 0.05) is 24.9 Å². The van der Waals surface area contributed by atoms with Gasteiger partial charge in [-0.25, -0.2) is 0 Å². The van der Waals surface area contributed by atoms with E-state index in [0.29, 0.717) is 6.42 Å². The lowest BCUT2D eigenvalue weighted by molar-refractivity contribution is -0.136. The van der Waals surface area contributed by atoms with Crippen molar-refractivity contribution < 1.29 is 9.90 Å². The van der Waals surface area contributed by atoms with Crippen molar-refractivity contribution in [2.75, 3.05) is 0 Å². The number of aromatic nitrogens is 1. The van der Waals surface area contributed by atoms with E-state index in [1.807, 2.05) is 0 Å². The zero-order chi connectivity index (χ0) is 9.97. The van der Waals surface area contributed by atoms with Gasteiger partial charge < -0.3 is 9.67 Å². The molecule has 1 aliphatic heterocycles. The summed E-state index contributed by atoms with van der Waals surface area (Å²) in [5, 5.41) is 8.57. The zero-order valence-corrected chi connectivity index (χ0v) is 8.20. The minimum Gasteiger partial charge on any atom is -0.481 e. The molecule has 0 bridgehead atoms. The highest BCUT2D eigenvalue weighted by molar-refractivity contribution is 5.67. The van der Waals surface area contributed by atoms with Gasteiger partial charge in [0.15, 0.2) is 0 Å². The van der Waals surface area contributed by atoms with Crippen molar-refractivity contribution in [3.63, 3.8) is 0 Å². The predicted molar refractivity (Wildman–Crippen MR) is 53.3 cm³/mol. The Labute approximate surface area is 83.4 Å². The van der Waals surface area contributed by atoms with Crippen LogP contribution in [0.15, 0.2) is 12.3 Å². The van der Waals surface area contributed by atoms with Gasteiger partial charge in [-0.15, -0.1) is 0 Å². The molecular formula is C11H15NO2. The smallest absolute Gasteiger partial charge is 0.303 e. The van der Waals surface area contributed by atoms with E-state index in [0.717, 1.165) is 13.0 Å². The van der Waals surface area contributed by atoms with Crippen molar-refractivity contribution in [1.29, 1.82) is 0 Å². The van der Waals surface area contributed by atoms with Crippen LogP contribution in [-0.4, -0.2) is 15.6 Å². The molecule has 3 nitrogen and oxygen atoms in total. The van der Waals surface area contributed by atoms with E-state index in [-0.39, 0.29) is 6.42 Å². The van der Waals surface area contributed by atoms with Gasteiger partial charge in [-0.2, -0.15) is 0 Å². The summed E-state index contributed by atoms with van der Waals surface area (Å²) in [5.41, 5.74) is 2.54. The molecule has 0 spiro atoms. The molecule has 1 aromatic heterocycles. The Morgan fingerprint density at radius 2 is 2.36 bits per heavy atom. The Morgan fingerprint density at radius 3 is 3.07 bits per heavy atom. The summed E-state index contributed by atoms with van der Waals surface area (Å²) in [6, 6.07) is 2.15. The second-order valence-electron chi connectivity index (χ2n) is 3.88. The molecule has 2 heterocycles. The monoisotopic (exact) mass is 193 g/mol. The van der Waals surface area contributed by atoms with Crippen molar-refractivity contribution in [2.24, 2.45) is 0 Å². The summed E-state index contributed by atoms with van der Waals surface area (Å²) < 4.78 is 2.26. The Balaban J connectivity index is 2.04. The van der Waals surface area contributed by atoms with Crippen molar-refractivity contribution in [3.05, 3.63) is 23.5 Å². The number of fused-ring (bicyclic) bond motifs is 1. The highest BCUT2D eigenvalue weighted by atomic mass is 16.4. The average molecular weight is 193 g/mol. The SMILES string of the molecule is O=C(O)CCc1cc2n(c1)CCCC2. The number of aryl methyl sites for hydroxylation is 3. The summed E-state index contributed by atoms with van der Waals surface area (Å²) in [7, 11) is 0. The van der Waals surface area contributed by atoms with Gasteiger partial charge in [0.1, 0.15) is 0 Å². The van der Waals surface area contributed by atoms with E-state index in [4.69, 9.17) is 5.11 Å². The number of carbonyl (C=O) groups is 1. The van der Waals surface area contributed by atoms with Gasteiger partial charge in [-0.05, 0) is 37.3 Å². The molecule has 1 aliphatic rings. The van der Waals surface area contributed by atoms with Crippen molar-refractivity contribution in [2.45, 2.75) is 38.6 Å². The topological polar surface area (TPSA) is 42.2 Å². The molecule has 0 atom stereocenters. The van der Waals surface area contributed by atoms with Gasteiger partial charge in [-0.1, -0.05) is 0 Å². The van der Waals surface area contributed by atoms with Crippen molar-refractivity contribution in [3.8, 4) is 0 Å². The zero-order valence-electron chi connectivity index (χ0n) is 8.20. The molecule has 0 aliphatic carbocycles. The number of aliphatic carboxylic acids is 1. The molecule has 0 radical (unpaired) electrons. The molecule has 1 N–H and O–H groups in total. The first-order valence-corrected chi connectivity index (χ1v) is 5.15. The Kier molecular flexibility index (Phi) is 2.57. The molecular weight excluding hydrogens is 178 g/mol. The number of hydrogen-bond acceptors (Lipinski definition) is 1. The standard InChI is InChI=1S/C11H15NO2/c13-11(14)5-4-9-7-10-3-1-2-6-12(10)8-9/h7-8H,1-6H2,(H,13,14). The van der Waals surface area contributed by atoms with Crippen molar-refractivity contribution >= 4 is 5.97 Å². The third-order valence-electron chi connectivity index (χ3n) is 2.75. The molecule has 76 valence electrons. The van der Waals surface area contributed by atoms with Crippen LogP contribution in [0.3, 0.4) is 0 Å². The Hall–Kier alpha value is -1.25. The minimum atomic E-state index is -0.714. The van der Waals surface area contributed by atoms with E-state index < -0.39 is 5.97 Å². The molecule has 0 fully saturated rings. The molecule has 3 heteroatoms. The molecule has 14 heavy (non-hydrogen) atoms. The number of rotatable bonds is 3. The number of carboxylic acids is 1. The Morgan fingerprint density at radius 1 is 1.50 bits per heavy atom. The lowest BCUT2D eigenvalue weighted by atomic mass is 10.1. The normalized spacial score (nSPS) is 15.1. The van der Waals surface area contributed by atoms with Gasteiger partial charge >= 0.3 is 5.97 Å². The van der Waals surface area contributed by atoms with Crippen molar-refractivity contribution in [1.82, 2.24) is 4.57 Å². The summed E-state index contributed by atoms with van der Waals surface area (Å²) in [6.45, 7) is 1.10. The number of carboxylic acid groups (broad SMARTS) is 1.